The van der Waals surface area contributed by atoms with Gasteiger partial charge in [-0.05, 0) is 38.5 Å². The maximum Gasteiger partial charge on any atom is 0.227 e. The van der Waals surface area contributed by atoms with Crippen molar-refractivity contribution >= 4 is 46.6 Å². The lowest BCUT2D eigenvalue weighted by molar-refractivity contribution is 0.420. The number of nitrogens with one attached hydrogen (secondary N) is 2. The molecule has 140 valence electrons. The zero-order chi connectivity index (χ0) is 18.8. The molecule has 0 saturated carbocycles. The van der Waals surface area contributed by atoms with E-state index in [-0.39, 0.29) is 6.04 Å². The standard InChI is InChI=1S/C18H22Cl3N5/c1-10-9-26(11(2)7-22-10)18-23-8-16(21)17(25-18)24-12(3)14-5-4-13(19)6-15(14)20/h4-6,8,10-12,22H,7,9H2,1-3H3,(H,23,24,25)/t10-,11+,12?/m1/s1. The number of aromatic nitrogens is 2. The fraction of sp³-hybridized carbons (Fsp3) is 0.444. The van der Waals surface area contributed by atoms with Gasteiger partial charge in [0.05, 0.1) is 12.2 Å². The Bertz CT molecular complexity index is 785. The van der Waals surface area contributed by atoms with Crippen molar-refractivity contribution in [3.63, 3.8) is 0 Å². The Morgan fingerprint density at radius 3 is 2.73 bits per heavy atom. The Balaban J connectivity index is 1.83. The van der Waals surface area contributed by atoms with Gasteiger partial charge in [0.1, 0.15) is 5.02 Å². The smallest absolute Gasteiger partial charge is 0.227 e. The fourth-order valence-electron chi connectivity index (χ4n) is 3.03. The Morgan fingerprint density at radius 2 is 2.00 bits per heavy atom. The van der Waals surface area contributed by atoms with E-state index in [0.717, 1.165) is 18.7 Å². The molecule has 0 bridgehead atoms. The average Bonchev–Trinajstić information content (AvgIpc) is 2.59. The van der Waals surface area contributed by atoms with E-state index in [1.54, 1.807) is 12.3 Å². The molecule has 5 nitrogen and oxygen atoms in total. The van der Waals surface area contributed by atoms with E-state index in [2.05, 4.69) is 39.3 Å². The van der Waals surface area contributed by atoms with Crippen LogP contribution in [0.25, 0.3) is 0 Å². The predicted octanol–water partition coefficient (Wildman–Crippen LogP) is 4.80. The van der Waals surface area contributed by atoms with Crippen LogP contribution in [0.15, 0.2) is 24.4 Å². The van der Waals surface area contributed by atoms with Gasteiger partial charge in [0.2, 0.25) is 5.95 Å². The molecule has 0 amide bonds. The summed E-state index contributed by atoms with van der Waals surface area (Å²) in [6.45, 7) is 8.05. The molecule has 3 atom stereocenters. The summed E-state index contributed by atoms with van der Waals surface area (Å²) >= 11 is 18.6. The molecule has 0 spiro atoms. The topological polar surface area (TPSA) is 53.1 Å². The van der Waals surface area contributed by atoms with Crippen molar-refractivity contribution in [1.82, 2.24) is 15.3 Å². The van der Waals surface area contributed by atoms with Crippen LogP contribution < -0.4 is 15.5 Å². The van der Waals surface area contributed by atoms with Crippen LogP contribution in [0.1, 0.15) is 32.4 Å². The first-order valence-corrected chi connectivity index (χ1v) is 9.72. The third-order valence-electron chi connectivity index (χ3n) is 4.53. The molecule has 2 heterocycles. The molecule has 1 unspecified atom stereocenters. The summed E-state index contributed by atoms with van der Waals surface area (Å²) < 4.78 is 0. The van der Waals surface area contributed by atoms with Crippen molar-refractivity contribution < 1.29 is 0 Å². The Kier molecular flexibility index (Phi) is 6.13. The van der Waals surface area contributed by atoms with Gasteiger partial charge in [-0.15, -0.1) is 0 Å². The highest BCUT2D eigenvalue weighted by molar-refractivity contribution is 6.35. The second-order valence-electron chi connectivity index (χ2n) is 6.71. The summed E-state index contributed by atoms with van der Waals surface area (Å²) in [5.74, 6) is 1.26. The summed E-state index contributed by atoms with van der Waals surface area (Å²) in [5, 5.41) is 8.48. The van der Waals surface area contributed by atoms with Crippen molar-refractivity contribution in [2.24, 2.45) is 0 Å². The van der Waals surface area contributed by atoms with Gasteiger partial charge in [-0.3, -0.25) is 0 Å². The molecule has 1 aliphatic rings. The molecule has 3 rings (SSSR count). The third-order valence-corrected chi connectivity index (χ3v) is 5.37. The Morgan fingerprint density at radius 1 is 1.23 bits per heavy atom. The molecule has 1 aromatic carbocycles. The number of halogens is 3. The van der Waals surface area contributed by atoms with Gasteiger partial charge in [-0.2, -0.15) is 4.98 Å². The van der Waals surface area contributed by atoms with E-state index in [0.29, 0.717) is 38.9 Å². The first-order valence-electron chi connectivity index (χ1n) is 8.59. The van der Waals surface area contributed by atoms with Crippen molar-refractivity contribution in [2.45, 2.75) is 38.9 Å². The van der Waals surface area contributed by atoms with Gasteiger partial charge in [0, 0.05) is 35.2 Å². The lowest BCUT2D eigenvalue weighted by Gasteiger charge is -2.37. The van der Waals surface area contributed by atoms with Gasteiger partial charge in [0.25, 0.3) is 0 Å². The minimum Gasteiger partial charge on any atom is -0.362 e. The van der Waals surface area contributed by atoms with E-state index in [9.17, 15) is 0 Å². The lowest BCUT2D eigenvalue weighted by Crippen LogP contribution is -2.55. The fourth-order valence-corrected chi connectivity index (χ4v) is 3.75. The van der Waals surface area contributed by atoms with E-state index < -0.39 is 0 Å². The predicted molar refractivity (Wildman–Crippen MR) is 110 cm³/mol. The van der Waals surface area contributed by atoms with Crippen LogP contribution >= 0.6 is 34.8 Å². The summed E-state index contributed by atoms with van der Waals surface area (Å²) in [7, 11) is 0. The highest BCUT2D eigenvalue weighted by atomic mass is 35.5. The van der Waals surface area contributed by atoms with Crippen LogP contribution in [-0.4, -0.2) is 35.1 Å². The number of benzene rings is 1. The van der Waals surface area contributed by atoms with Crippen molar-refractivity contribution in [3.05, 3.63) is 45.0 Å². The molecule has 26 heavy (non-hydrogen) atoms. The van der Waals surface area contributed by atoms with Crippen LogP contribution in [0.3, 0.4) is 0 Å². The number of hydrogen-bond donors (Lipinski definition) is 2. The zero-order valence-electron chi connectivity index (χ0n) is 14.9. The number of piperazine rings is 1. The van der Waals surface area contributed by atoms with Crippen LogP contribution in [0, 0.1) is 0 Å². The number of anilines is 2. The molecule has 1 saturated heterocycles. The maximum atomic E-state index is 6.32. The summed E-state index contributed by atoms with van der Waals surface area (Å²) in [6, 6.07) is 6.06. The van der Waals surface area contributed by atoms with Crippen LogP contribution in [0.2, 0.25) is 15.1 Å². The maximum absolute atomic E-state index is 6.32. The summed E-state index contributed by atoms with van der Waals surface area (Å²) in [4.78, 5) is 11.3. The Labute approximate surface area is 169 Å². The van der Waals surface area contributed by atoms with Gasteiger partial charge in [-0.25, -0.2) is 4.98 Å². The van der Waals surface area contributed by atoms with Crippen LogP contribution in [0.4, 0.5) is 11.8 Å². The highest BCUT2D eigenvalue weighted by Gasteiger charge is 2.25. The number of hydrogen-bond acceptors (Lipinski definition) is 5. The van der Waals surface area contributed by atoms with Crippen LogP contribution in [-0.2, 0) is 0 Å². The highest BCUT2D eigenvalue weighted by Crippen LogP contribution is 2.31. The lowest BCUT2D eigenvalue weighted by atomic mass is 10.1. The summed E-state index contributed by atoms with van der Waals surface area (Å²) in [6.07, 6.45) is 1.64. The molecule has 2 aromatic rings. The molecule has 8 heteroatoms. The average molecular weight is 415 g/mol. The molecule has 1 fully saturated rings. The zero-order valence-corrected chi connectivity index (χ0v) is 17.2. The van der Waals surface area contributed by atoms with Crippen LogP contribution in [0.5, 0.6) is 0 Å². The van der Waals surface area contributed by atoms with Crippen molar-refractivity contribution in [2.75, 3.05) is 23.3 Å². The second-order valence-corrected chi connectivity index (χ2v) is 7.96. The van der Waals surface area contributed by atoms with E-state index in [1.807, 2.05) is 19.1 Å². The SMILES string of the molecule is CC(Nc1nc(N2C[C@@H](C)NC[C@@H]2C)ncc1Cl)c1ccc(Cl)cc1Cl. The first kappa shape index (κ1) is 19.5. The normalized spacial score (nSPS) is 21.5. The number of rotatable bonds is 4. The minimum absolute atomic E-state index is 0.0839. The van der Waals surface area contributed by atoms with Crippen molar-refractivity contribution in [1.29, 1.82) is 0 Å². The van der Waals surface area contributed by atoms with Crippen molar-refractivity contribution in [3.8, 4) is 0 Å². The van der Waals surface area contributed by atoms with E-state index in [4.69, 9.17) is 34.8 Å². The van der Waals surface area contributed by atoms with Gasteiger partial charge in [0.15, 0.2) is 5.82 Å². The molecular weight excluding hydrogens is 393 g/mol. The van der Waals surface area contributed by atoms with Gasteiger partial charge < -0.3 is 15.5 Å². The molecule has 0 radical (unpaired) electrons. The number of nitrogens with zero attached hydrogens (tertiary/aromatic N) is 3. The largest absolute Gasteiger partial charge is 0.362 e. The molecule has 1 aromatic heterocycles. The first-order chi connectivity index (χ1) is 12.3. The Hall–Kier alpha value is -1.27. The molecular formula is C18H22Cl3N5. The monoisotopic (exact) mass is 413 g/mol. The molecule has 1 aliphatic heterocycles. The molecule has 2 N–H and O–H groups in total. The van der Waals surface area contributed by atoms with E-state index in [1.165, 1.54) is 0 Å². The quantitative estimate of drug-likeness (QED) is 0.753. The second kappa shape index (κ2) is 8.17. The molecule has 0 aliphatic carbocycles. The van der Waals surface area contributed by atoms with E-state index >= 15 is 0 Å². The van der Waals surface area contributed by atoms with Gasteiger partial charge >= 0.3 is 0 Å². The summed E-state index contributed by atoms with van der Waals surface area (Å²) in [5.41, 5.74) is 0.927. The minimum atomic E-state index is -0.0839. The van der Waals surface area contributed by atoms with Gasteiger partial charge in [-0.1, -0.05) is 40.9 Å². The third kappa shape index (κ3) is 4.34.